The molecule has 2 aliphatic heterocycles. The second kappa shape index (κ2) is 5.83. The predicted octanol–water partition coefficient (Wildman–Crippen LogP) is 3.09. The molecule has 1 atom stereocenters. The fraction of sp³-hybridized carbons (Fsp3) is 0.857. The van der Waals surface area contributed by atoms with E-state index in [9.17, 15) is 0 Å². The van der Waals surface area contributed by atoms with E-state index in [4.69, 9.17) is 4.74 Å². The quantitative estimate of drug-likeness (QED) is 0.670. The summed E-state index contributed by atoms with van der Waals surface area (Å²) in [5.41, 5.74) is 1.87. The van der Waals surface area contributed by atoms with Gasteiger partial charge >= 0.3 is 0 Å². The van der Waals surface area contributed by atoms with Gasteiger partial charge in [-0.05, 0) is 24.5 Å². The van der Waals surface area contributed by atoms with Crippen molar-refractivity contribution in [3.63, 3.8) is 0 Å². The Labute approximate surface area is 101 Å². The van der Waals surface area contributed by atoms with E-state index in [1.807, 2.05) is 13.8 Å². The summed E-state index contributed by atoms with van der Waals surface area (Å²) in [5.74, 6) is 0.660. The fourth-order valence-corrected chi connectivity index (χ4v) is 2.99. The summed E-state index contributed by atoms with van der Waals surface area (Å²) < 4.78 is 5.61. The highest BCUT2D eigenvalue weighted by molar-refractivity contribution is 5.30. The molecule has 2 rings (SSSR count). The Bertz CT molecular complexity index is 239. The fourth-order valence-electron chi connectivity index (χ4n) is 2.99. The van der Waals surface area contributed by atoms with Crippen LogP contribution in [-0.2, 0) is 4.74 Å². The Morgan fingerprint density at radius 1 is 1.44 bits per heavy atom. The molecule has 0 aromatic carbocycles. The molecule has 0 aliphatic carbocycles. The maximum Gasteiger partial charge on any atom is 0.0690 e. The molecule has 16 heavy (non-hydrogen) atoms. The smallest absolute Gasteiger partial charge is 0.0690 e. The van der Waals surface area contributed by atoms with Crippen LogP contribution in [0.25, 0.3) is 0 Å². The molecule has 94 valence electrons. The normalized spacial score (nSPS) is 29.5. The first-order valence-electron chi connectivity index (χ1n) is 6.74. The molecule has 1 spiro atoms. The SMILES string of the molecule is CC.CCN1CC=C(C(C)C)C12CCOC2. The van der Waals surface area contributed by atoms with Gasteiger partial charge in [0.2, 0.25) is 0 Å². The highest BCUT2D eigenvalue weighted by atomic mass is 16.5. The Balaban J connectivity index is 0.000000606. The topological polar surface area (TPSA) is 12.5 Å². The van der Waals surface area contributed by atoms with E-state index in [1.165, 1.54) is 6.42 Å². The number of ether oxygens (including phenoxy) is 1. The van der Waals surface area contributed by atoms with E-state index >= 15 is 0 Å². The highest BCUT2D eigenvalue weighted by Crippen LogP contribution is 2.40. The molecule has 1 unspecified atom stereocenters. The van der Waals surface area contributed by atoms with Crippen LogP contribution in [0.5, 0.6) is 0 Å². The van der Waals surface area contributed by atoms with E-state index in [2.05, 4.69) is 31.7 Å². The Morgan fingerprint density at radius 2 is 2.12 bits per heavy atom. The van der Waals surface area contributed by atoms with Crippen LogP contribution in [0.3, 0.4) is 0 Å². The van der Waals surface area contributed by atoms with Crippen molar-refractivity contribution < 1.29 is 4.74 Å². The zero-order valence-electron chi connectivity index (χ0n) is 11.5. The third-order valence-electron chi connectivity index (χ3n) is 3.68. The molecule has 2 heterocycles. The summed E-state index contributed by atoms with van der Waals surface area (Å²) in [7, 11) is 0. The molecule has 2 heteroatoms. The van der Waals surface area contributed by atoms with Crippen molar-refractivity contribution >= 4 is 0 Å². The third kappa shape index (κ3) is 2.18. The van der Waals surface area contributed by atoms with E-state index in [0.717, 1.165) is 26.3 Å². The van der Waals surface area contributed by atoms with Crippen LogP contribution in [0, 0.1) is 5.92 Å². The Kier molecular flexibility index (Phi) is 5.00. The number of hydrogen-bond donors (Lipinski definition) is 0. The second-order valence-corrected chi connectivity index (χ2v) is 4.69. The minimum Gasteiger partial charge on any atom is -0.379 e. The van der Waals surface area contributed by atoms with Gasteiger partial charge in [-0.15, -0.1) is 0 Å². The zero-order chi connectivity index (χ0) is 12.2. The van der Waals surface area contributed by atoms with Crippen LogP contribution in [0.1, 0.15) is 41.0 Å². The van der Waals surface area contributed by atoms with Crippen molar-refractivity contribution in [2.24, 2.45) is 5.92 Å². The van der Waals surface area contributed by atoms with Crippen molar-refractivity contribution in [3.8, 4) is 0 Å². The van der Waals surface area contributed by atoms with Gasteiger partial charge in [0.25, 0.3) is 0 Å². The Hall–Kier alpha value is -0.340. The maximum absolute atomic E-state index is 5.61. The van der Waals surface area contributed by atoms with Gasteiger partial charge in [-0.2, -0.15) is 0 Å². The van der Waals surface area contributed by atoms with E-state index in [1.54, 1.807) is 5.57 Å². The number of nitrogens with zero attached hydrogens (tertiary/aromatic N) is 1. The van der Waals surface area contributed by atoms with Crippen molar-refractivity contribution in [1.82, 2.24) is 4.90 Å². The standard InChI is InChI=1S/C12H21NO.C2H6/c1-4-13-7-5-11(10(2)3)12(13)6-8-14-9-12;1-2/h5,10H,4,6-9H2,1-3H3;1-2H3. The van der Waals surface area contributed by atoms with Crippen LogP contribution < -0.4 is 0 Å². The van der Waals surface area contributed by atoms with Gasteiger partial charge in [-0.25, -0.2) is 0 Å². The van der Waals surface area contributed by atoms with Crippen LogP contribution in [0.4, 0.5) is 0 Å². The van der Waals surface area contributed by atoms with Gasteiger partial charge < -0.3 is 4.74 Å². The van der Waals surface area contributed by atoms with Crippen molar-refractivity contribution in [2.45, 2.75) is 46.6 Å². The average molecular weight is 225 g/mol. The zero-order valence-corrected chi connectivity index (χ0v) is 11.5. The van der Waals surface area contributed by atoms with Crippen LogP contribution in [0.15, 0.2) is 11.6 Å². The monoisotopic (exact) mass is 225 g/mol. The minimum absolute atomic E-state index is 0.267. The van der Waals surface area contributed by atoms with Crippen LogP contribution in [0.2, 0.25) is 0 Å². The molecule has 2 nitrogen and oxygen atoms in total. The molecule has 0 aromatic heterocycles. The molecule has 0 saturated carbocycles. The molecule has 0 radical (unpaired) electrons. The van der Waals surface area contributed by atoms with Gasteiger partial charge in [0.15, 0.2) is 0 Å². The first kappa shape index (κ1) is 13.7. The molecule has 1 saturated heterocycles. The first-order chi connectivity index (χ1) is 7.70. The van der Waals surface area contributed by atoms with Gasteiger partial charge in [0, 0.05) is 13.2 Å². The molecule has 0 aromatic rings. The van der Waals surface area contributed by atoms with Crippen molar-refractivity contribution in [3.05, 3.63) is 11.6 Å². The molecular formula is C14H27NO. The summed E-state index contributed by atoms with van der Waals surface area (Å²) in [5, 5.41) is 0. The number of likely N-dealkylation sites (N-methyl/N-ethyl adjacent to an activating group) is 1. The number of rotatable bonds is 2. The van der Waals surface area contributed by atoms with E-state index in [-0.39, 0.29) is 5.54 Å². The first-order valence-corrected chi connectivity index (χ1v) is 6.74. The lowest BCUT2D eigenvalue weighted by Crippen LogP contribution is -2.47. The summed E-state index contributed by atoms with van der Waals surface area (Å²) in [6.45, 7) is 14.9. The molecule has 0 N–H and O–H groups in total. The summed E-state index contributed by atoms with van der Waals surface area (Å²) in [6, 6.07) is 0. The van der Waals surface area contributed by atoms with Crippen LogP contribution in [-0.4, -0.2) is 36.7 Å². The van der Waals surface area contributed by atoms with Gasteiger partial charge in [0.05, 0.1) is 12.1 Å². The maximum atomic E-state index is 5.61. The van der Waals surface area contributed by atoms with Crippen LogP contribution >= 0.6 is 0 Å². The van der Waals surface area contributed by atoms with E-state index < -0.39 is 0 Å². The predicted molar refractivity (Wildman–Crippen MR) is 69.7 cm³/mol. The van der Waals surface area contributed by atoms with Gasteiger partial charge in [-0.1, -0.05) is 40.7 Å². The molecular weight excluding hydrogens is 198 g/mol. The Morgan fingerprint density at radius 3 is 2.56 bits per heavy atom. The van der Waals surface area contributed by atoms with Gasteiger partial charge in [0.1, 0.15) is 0 Å². The molecule has 0 bridgehead atoms. The lowest BCUT2D eigenvalue weighted by Gasteiger charge is -2.37. The lowest BCUT2D eigenvalue weighted by molar-refractivity contribution is 0.113. The summed E-state index contributed by atoms with van der Waals surface area (Å²) in [4.78, 5) is 2.56. The highest BCUT2D eigenvalue weighted by Gasteiger charge is 2.46. The molecule has 1 fully saturated rings. The molecule has 2 aliphatic rings. The van der Waals surface area contributed by atoms with Crippen molar-refractivity contribution in [2.75, 3.05) is 26.3 Å². The number of hydrogen-bond acceptors (Lipinski definition) is 2. The summed E-state index contributed by atoms with van der Waals surface area (Å²) in [6.07, 6.45) is 3.60. The van der Waals surface area contributed by atoms with Gasteiger partial charge in [-0.3, -0.25) is 4.90 Å². The average Bonchev–Trinajstić information content (AvgIpc) is 2.90. The largest absolute Gasteiger partial charge is 0.379 e. The van der Waals surface area contributed by atoms with Crippen molar-refractivity contribution in [1.29, 1.82) is 0 Å². The minimum atomic E-state index is 0.267. The third-order valence-corrected chi connectivity index (χ3v) is 3.68. The van der Waals surface area contributed by atoms with E-state index in [0.29, 0.717) is 5.92 Å². The summed E-state index contributed by atoms with van der Waals surface area (Å²) >= 11 is 0. The molecule has 0 amide bonds. The lowest BCUT2D eigenvalue weighted by atomic mass is 9.83. The second-order valence-electron chi connectivity index (χ2n) is 4.69.